The number of benzene rings is 2. The van der Waals surface area contributed by atoms with Crippen molar-refractivity contribution in [1.29, 1.82) is 5.26 Å². The van der Waals surface area contributed by atoms with Crippen LogP contribution in [-0.2, 0) is 16.4 Å². The first kappa shape index (κ1) is 20.3. The third-order valence-corrected chi connectivity index (χ3v) is 7.31. The lowest BCUT2D eigenvalue weighted by Crippen LogP contribution is -2.39. The summed E-state index contributed by atoms with van der Waals surface area (Å²) in [7, 11) is -3.91. The highest BCUT2D eigenvalue weighted by molar-refractivity contribution is 7.89. The van der Waals surface area contributed by atoms with Crippen molar-refractivity contribution in [2.75, 3.05) is 13.1 Å². The maximum atomic E-state index is 13.2. The Morgan fingerprint density at radius 2 is 1.77 bits per heavy atom. The van der Waals surface area contributed by atoms with Gasteiger partial charge in [-0.15, -0.1) is 0 Å². The second-order valence-corrected chi connectivity index (χ2v) is 9.51. The summed E-state index contributed by atoms with van der Waals surface area (Å²) in [4.78, 5) is 4.13. The Kier molecular flexibility index (Phi) is 5.71. The minimum absolute atomic E-state index is 0.143. The van der Waals surface area contributed by atoms with Gasteiger partial charge in [0.1, 0.15) is 6.07 Å². The lowest BCUT2D eigenvalue weighted by Gasteiger charge is -2.30. The maximum Gasteiger partial charge on any atom is 0.279 e. The molecule has 1 fully saturated rings. The number of oxazole rings is 1. The highest BCUT2D eigenvalue weighted by atomic mass is 32.2. The number of sulfonamides is 1. The zero-order valence-electron chi connectivity index (χ0n) is 16.8. The van der Waals surface area contributed by atoms with E-state index in [4.69, 9.17) is 4.42 Å². The molecular weight excluding hydrogens is 398 g/mol. The molecule has 1 aromatic heterocycles. The van der Waals surface area contributed by atoms with Crippen LogP contribution in [0.3, 0.4) is 0 Å². The summed E-state index contributed by atoms with van der Waals surface area (Å²) in [5.74, 6) is 0.580. The molecule has 6 nitrogen and oxygen atoms in total. The number of aryl methyl sites for hydroxylation is 1. The predicted molar refractivity (Wildman–Crippen MR) is 113 cm³/mol. The SMILES string of the molecule is Cc1ccc(-c2nc(C#N)c(S(=O)(=O)N3CCC(Cc4ccccc4)CC3)o2)cc1. The van der Waals surface area contributed by atoms with Gasteiger partial charge in [-0.05, 0) is 49.8 Å². The van der Waals surface area contributed by atoms with Crippen LogP contribution < -0.4 is 0 Å². The zero-order chi connectivity index (χ0) is 21.1. The van der Waals surface area contributed by atoms with Gasteiger partial charge in [0.25, 0.3) is 15.1 Å². The normalized spacial score (nSPS) is 15.7. The van der Waals surface area contributed by atoms with Crippen LogP contribution >= 0.6 is 0 Å². The first-order valence-corrected chi connectivity index (χ1v) is 11.4. The van der Waals surface area contributed by atoms with Crippen molar-refractivity contribution < 1.29 is 12.8 Å². The van der Waals surface area contributed by atoms with E-state index in [9.17, 15) is 13.7 Å². The van der Waals surface area contributed by atoms with Gasteiger partial charge in [-0.2, -0.15) is 14.6 Å². The number of hydrogen-bond acceptors (Lipinski definition) is 5. The summed E-state index contributed by atoms with van der Waals surface area (Å²) in [5.41, 5.74) is 2.78. The third kappa shape index (κ3) is 4.16. The van der Waals surface area contributed by atoms with Crippen LogP contribution in [0.25, 0.3) is 11.5 Å². The summed E-state index contributed by atoms with van der Waals surface area (Å²) in [5, 5.41) is 9.08. The summed E-state index contributed by atoms with van der Waals surface area (Å²) in [6.07, 6.45) is 2.49. The number of nitriles is 1. The molecular formula is C23H23N3O3S. The van der Waals surface area contributed by atoms with E-state index < -0.39 is 10.0 Å². The maximum absolute atomic E-state index is 13.2. The molecule has 0 atom stereocenters. The molecule has 0 spiro atoms. The molecule has 30 heavy (non-hydrogen) atoms. The molecule has 0 unspecified atom stereocenters. The predicted octanol–water partition coefficient (Wildman–Crippen LogP) is 4.17. The molecule has 154 valence electrons. The van der Waals surface area contributed by atoms with Crippen LogP contribution in [0.5, 0.6) is 0 Å². The molecule has 7 heteroatoms. The van der Waals surface area contributed by atoms with Crippen LogP contribution in [0.1, 0.15) is 29.7 Å². The minimum atomic E-state index is -3.91. The van der Waals surface area contributed by atoms with E-state index in [2.05, 4.69) is 17.1 Å². The smallest absolute Gasteiger partial charge is 0.279 e. The molecule has 1 aliphatic heterocycles. The van der Waals surface area contributed by atoms with Crippen LogP contribution in [0.2, 0.25) is 0 Å². The number of nitrogens with zero attached hydrogens (tertiary/aromatic N) is 3. The summed E-state index contributed by atoms with van der Waals surface area (Å²) in [6, 6.07) is 19.5. The lowest BCUT2D eigenvalue weighted by atomic mass is 9.91. The Labute approximate surface area is 176 Å². The summed E-state index contributed by atoms with van der Waals surface area (Å²) >= 11 is 0. The van der Waals surface area contributed by atoms with Gasteiger partial charge in [0.05, 0.1) is 0 Å². The van der Waals surface area contributed by atoms with Crippen LogP contribution in [0, 0.1) is 24.2 Å². The van der Waals surface area contributed by atoms with E-state index in [1.807, 2.05) is 43.3 Å². The van der Waals surface area contributed by atoms with Crippen molar-refractivity contribution in [2.45, 2.75) is 31.3 Å². The average Bonchev–Trinajstić information content (AvgIpc) is 3.21. The molecule has 2 heterocycles. The minimum Gasteiger partial charge on any atom is -0.422 e. The van der Waals surface area contributed by atoms with Crippen molar-refractivity contribution in [2.24, 2.45) is 5.92 Å². The molecule has 0 aliphatic carbocycles. The van der Waals surface area contributed by atoms with Gasteiger partial charge in [-0.3, -0.25) is 0 Å². The second kappa shape index (κ2) is 8.42. The zero-order valence-corrected chi connectivity index (χ0v) is 17.6. The Balaban J connectivity index is 1.51. The molecule has 1 aliphatic rings. The van der Waals surface area contributed by atoms with E-state index in [1.54, 1.807) is 12.1 Å². The van der Waals surface area contributed by atoms with Crippen molar-refractivity contribution in [3.63, 3.8) is 0 Å². The molecule has 0 amide bonds. The molecule has 3 aromatic rings. The third-order valence-electron chi connectivity index (χ3n) is 5.52. The van der Waals surface area contributed by atoms with Gasteiger partial charge in [-0.25, -0.2) is 8.42 Å². The summed E-state index contributed by atoms with van der Waals surface area (Å²) in [6.45, 7) is 2.77. The van der Waals surface area contributed by atoms with E-state index >= 15 is 0 Å². The first-order chi connectivity index (χ1) is 14.5. The number of aromatic nitrogens is 1. The Hall–Kier alpha value is -2.95. The number of piperidine rings is 1. The fraction of sp³-hybridized carbons (Fsp3) is 0.304. The van der Waals surface area contributed by atoms with Gasteiger partial charge < -0.3 is 4.42 Å². The van der Waals surface area contributed by atoms with Crippen molar-refractivity contribution in [3.05, 3.63) is 71.4 Å². The van der Waals surface area contributed by atoms with E-state index in [-0.39, 0.29) is 16.7 Å². The molecule has 0 saturated carbocycles. The fourth-order valence-corrected chi connectivity index (χ4v) is 5.24. The van der Waals surface area contributed by atoms with E-state index in [0.717, 1.165) is 24.8 Å². The molecule has 0 N–H and O–H groups in total. The molecule has 4 rings (SSSR count). The highest BCUT2D eigenvalue weighted by Gasteiger charge is 2.35. The lowest BCUT2D eigenvalue weighted by molar-refractivity contribution is 0.267. The topological polar surface area (TPSA) is 87.2 Å². The first-order valence-electron chi connectivity index (χ1n) is 9.99. The van der Waals surface area contributed by atoms with E-state index in [0.29, 0.717) is 24.6 Å². The van der Waals surface area contributed by atoms with Gasteiger partial charge in [0, 0.05) is 18.7 Å². The average molecular weight is 422 g/mol. The largest absolute Gasteiger partial charge is 0.422 e. The molecule has 1 saturated heterocycles. The van der Waals surface area contributed by atoms with Gasteiger partial charge in [0.15, 0.2) is 5.69 Å². The highest BCUT2D eigenvalue weighted by Crippen LogP contribution is 2.30. The quantitative estimate of drug-likeness (QED) is 0.617. The molecule has 0 radical (unpaired) electrons. The fourth-order valence-electron chi connectivity index (χ4n) is 3.79. The Morgan fingerprint density at radius 1 is 1.10 bits per heavy atom. The number of hydrogen-bond donors (Lipinski definition) is 0. The van der Waals surface area contributed by atoms with Crippen LogP contribution in [0.4, 0.5) is 0 Å². The van der Waals surface area contributed by atoms with Crippen LogP contribution in [0.15, 0.2) is 64.1 Å². The van der Waals surface area contributed by atoms with E-state index in [1.165, 1.54) is 9.87 Å². The van der Waals surface area contributed by atoms with Crippen molar-refractivity contribution in [3.8, 4) is 17.5 Å². The number of rotatable bonds is 5. The van der Waals surface area contributed by atoms with Crippen molar-refractivity contribution >= 4 is 10.0 Å². The Bertz CT molecular complexity index is 1150. The monoisotopic (exact) mass is 421 g/mol. The van der Waals surface area contributed by atoms with Crippen LogP contribution in [-0.4, -0.2) is 30.8 Å². The van der Waals surface area contributed by atoms with Gasteiger partial charge in [0.2, 0.25) is 5.89 Å². The summed E-state index contributed by atoms with van der Waals surface area (Å²) < 4.78 is 33.4. The second-order valence-electron chi connectivity index (χ2n) is 7.67. The van der Waals surface area contributed by atoms with Crippen molar-refractivity contribution in [1.82, 2.24) is 9.29 Å². The van der Waals surface area contributed by atoms with Gasteiger partial charge in [-0.1, -0.05) is 48.0 Å². The molecule has 0 bridgehead atoms. The standard InChI is InChI=1S/C23H23N3O3S/c1-17-7-9-20(10-8-17)22-25-21(16-24)23(29-22)30(27,28)26-13-11-19(12-14-26)15-18-5-3-2-4-6-18/h2-10,19H,11-15H2,1H3. The van der Waals surface area contributed by atoms with Gasteiger partial charge >= 0.3 is 0 Å². The molecule has 2 aromatic carbocycles. The Morgan fingerprint density at radius 3 is 2.40 bits per heavy atom.